The van der Waals surface area contributed by atoms with E-state index in [4.69, 9.17) is 14.2 Å². The molecule has 0 bridgehead atoms. The predicted molar refractivity (Wildman–Crippen MR) is 123 cm³/mol. The normalized spacial score (nSPS) is 19.3. The minimum Gasteiger partial charge on any atom is -0.493 e. The average molecular weight is 500 g/mol. The van der Waals surface area contributed by atoms with E-state index in [-0.39, 0.29) is 18.1 Å². The van der Waals surface area contributed by atoms with E-state index < -0.39 is 17.8 Å². The molecule has 2 heterocycles. The zero-order valence-corrected chi connectivity index (χ0v) is 19.7. The van der Waals surface area contributed by atoms with Crippen LogP contribution in [0, 0.1) is 0 Å². The van der Waals surface area contributed by atoms with Crippen molar-refractivity contribution in [2.45, 2.75) is 31.0 Å². The molecule has 1 aliphatic heterocycles. The monoisotopic (exact) mass is 500 g/mol. The van der Waals surface area contributed by atoms with Crippen molar-refractivity contribution < 1.29 is 32.2 Å². The van der Waals surface area contributed by atoms with Crippen LogP contribution in [-0.4, -0.2) is 41.9 Å². The lowest BCUT2D eigenvalue weighted by molar-refractivity contribution is -0.137. The Morgan fingerprint density at radius 2 is 1.64 bits per heavy atom. The van der Waals surface area contributed by atoms with Gasteiger partial charge in [0.15, 0.2) is 17.3 Å². The fourth-order valence-corrected chi connectivity index (χ4v) is 4.89. The zero-order chi connectivity index (χ0) is 25.6. The number of ketones is 1. The number of methoxy groups -OCH3 is 3. The molecular formula is C25H23F3N4O4. The van der Waals surface area contributed by atoms with E-state index in [0.29, 0.717) is 46.5 Å². The number of carbonyl (C=O) groups is 1. The third kappa shape index (κ3) is 3.94. The van der Waals surface area contributed by atoms with Gasteiger partial charge in [-0.05, 0) is 47.7 Å². The molecule has 1 aliphatic carbocycles. The van der Waals surface area contributed by atoms with Crippen molar-refractivity contribution >= 4 is 11.7 Å². The number of aromatic nitrogens is 3. The van der Waals surface area contributed by atoms with Crippen molar-refractivity contribution in [1.82, 2.24) is 14.8 Å². The van der Waals surface area contributed by atoms with E-state index in [0.717, 1.165) is 17.7 Å². The Bertz CT molecular complexity index is 1320. The third-order valence-electron chi connectivity index (χ3n) is 6.57. The molecule has 1 N–H and O–H groups in total. The molecule has 5 rings (SSSR count). The van der Waals surface area contributed by atoms with Gasteiger partial charge in [0.1, 0.15) is 12.4 Å². The number of hydrogen-bond acceptors (Lipinski definition) is 7. The summed E-state index contributed by atoms with van der Waals surface area (Å²) in [5.41, 5.74) is 1.73. The Balaban J connectivity index is 1.55. The van der Waals surface area contributed by atoms with Crippen molar-refractivity contribution in [3.8, 4) is 17.2 Å². The first-order valence-electron chi connectivity index (χ1n) is 11.1. The summed E-state index contributed by atoms with van der Waals surface area (Å²) in [6, 6.07) is 7.75. The summed E-state index contributed by atoms with van der Waals surface area (Å²) in [6.45, 7) is 0. The molecule has 2 unspecified atom stereocenters. The van der Waals surface area contributed by atoms with Gasteiger partial charge in [0.25, 0.3) is 0 Å². The topological polar surface area (TPSA) is 87.5 Å². The first-order chi connectivity index (χ1) is 17.2. The molecule has 0 fully saturated rings. The number of nitrogens with one attached hydrogen (secondary N) is 1. The van der Waals surface area contributed by atoms with Crippen LogP contribution in [0.3, 0.4) is 0 Å². The van der Waals surface area contributed by atoms with Crippen LogP contribution in [0.4, 0.5) is 19.1 Å². The van der Waals surface area contributed by atoms with Crippen LogP contribution >= 0.6 is 0 Å². The van der Waals surface area contributed by atoms with E-state index in [1.54, 1.807) is 0 Å². The molecule has 2 aromatic carbocycles. The first-order valence-corrected chi connectivity index (χ1v) is 11.1. The molecule has 1 aromatic heterocycles. The van der Waals surface area contributed by atoms with Crippen molar-refractivity contribution in [3.63, 3.8) is 0 Å². The highest BCUT2D eigenvalue weighted by Gasteiger charge is 2.40. The third-order valence-corrected chi connectivity index (χ3v) is 6.57. The maximum atomic E-state index is 13.6. The van der Waals surface area contributed by atoms with Gasteiger partial charge < -0.3 is 19.5 Å². The van der Waals surface area contributed by atoms with E-state index in [2.05, 4.69) is 15.4 Å². The number of carbonyl (C=O) groups excluding carboxylic acids is 1. The van der Waals surface area contributed by atoms with Crippen LogP contribution in [0.25, 0.3) is 0 Å². The van der Waals surface area contributed by atoms with Crippen molar-refractivity contribution in [2.75, 3.05) is 26.6 Å². The van der Waals surface area contributed by atoms with Crippen LogP contribution in [-0.2, 0) is 11.0 Å². The number of hydrogen-bond donors (Lipinski definition) is 1. The fraction of sp³-hybridized carbons (Fsp3) is 0.320. The number of anilines is 1. The predicted octanol–water partition coefficient (Wildman–Crippen LogP) is 4.74. The lowest BCUT2D eigenvalue weighted by atomic mass is 9.77. The molecule has 2 atom stereocenters. The lowest BCUT2D eigenvalue weighted by Gasteiger charge is -2.35. The second kappa shape index (κ2) is 8.89. The smallest absolute Gasteiger partial charge is 0.416 e. The second-order valence-electron chi connectivity index (χ2n) is 8.55. The highest BCUT2D eigenvalue weighted by Crippen LogP contribution is 2.47. The van der Waals surface area contributed by atoms with Crippen LogP contribution < -0.4 is 19.5 Å². The molecule has 36 heavy (non-hydrogen) atoms. The number of benzene rings is 2. The van der Waals surface area contributed by atoms with E-state index in [1.165, 1.54) is 44.5 Å². The minimum atomic E-state index is -4.45. The van der Waals surface area contributed by atoms with Gasteiger partial charge in [-0.15, -0.1) is 0 Å². The molecule has 0 radical (unpaired) electrons. The Kier molecular flexibility index (Phi) is 5.85. The summed E-state index contributed by atoms with van der Waals surface area (Å²) in [5.74, 6) is 1.51. The number of nitrogens with zero attached hydrogens (tertiary/aromatic N) is 3. The molecular weight excluding hydrogens is 477 g/mol. The van der Waals surface area contributed by atoms with Gasteiger partial charge >= 0.3 is 6.18 Å². The molecule has 2 aliphatic rings. The van der Waals surface area contributed by atoms with E-state index in [9.17, 15) is 18.0 Å². The first kappa shape index (κ1) is 23.7. The number of fused-ring (bicyclic) bond motifs is 1. The highest BCUT2D eigenvalue weighted by molar-refractivity contribution is 6.00. The fourth-order valence-electron chi connectivity index (χ4n) is 4.89. The average Bonchev–Trinajstić information content (AvgIpc) is 3.34. The van der Waals surface area contributed by atoms with Crippen molar-refractivity contribution in [1.29, 1.82) is 0 Å². The van der Waals surface area contributed by atoms with Crippen LogP contribution in [0.1, 0.15) is 41.5 Å². The number of alkyl halides is 3. The lowest BCUT2D eigenvalue weighted by Crippen LogP contribution is -2.33. The molecule has 11 heteroatoms. The number of Topliss-reactive ketones (excluding diaryl/α,β-unsaturated/α-hetero) is 1. The van der Waals surface area contributed by atoms with Crippen LogP contribution in [0.5, 0.6) is 17.2 Å². The summed E-state index contributed by atoms with van der Waals surface area (Å²) >= 11 is 0. The van der Waals surface area contributed by atoms with Gasteiger partial charge in [0, 0.05) is 17.7 Å². The maximum absolute atomic E-state index is 13.6. The SMILES string of the molecule is COc1cc(C2CC(=O)C3=C(C2)Nc2ncnn2C3c2ccc(C(F)(F)F)cc2)cc(OC)c1OC. The van der Waals surface area contributed by atoms with Crippen LogP contribution in [0.15, 0.2) is 54.0 Å². The molecule has 0 saturated heterocycles. The van der Waals surface area contributed by atoms with E-state index in [1.807, 2.05) is 12.1 Å². The standard InChI is InChI=1S/C25H23F3N4O4/c1-34-19-10-15(11-20(35-2)23(19)36-3)14-8-17-21(18(33)9-14)22(32-24(31-17)29-12-30-32)13-4-6-16(7-5-13)25(26,27)28/h4-7,10-12,14,22H,8-9H2,1-3H3,(H,29,30,31). The summed E-state index contributed by atoms with van der Waals surface area (Å²) in [6.07, 6.45) is -2.44. The van der Waals surface area contributed by atoms with Gasteiger partial charge in [0.2, 0.25) is 11.7 Å². The highest BCUT2D eigenvalue weighted by atomic mass is 19.4. The summed E-state index contributed by atoms with van der Waals surface area (Å²) in [7, 11) is 4.57. The molecule has 3 aromatic rings. The van der Waals surface area contributed by atoms with Gasteiger partial charge in [-0.1, -0.05) is 12.1 Å². The minimum absolute atomic E-state index is 0.131. The molecule has 8 nitrogen and oxygen atoms in total. The Labute approximate surface area is 204 Å². The van der Waals surface area contributed by atoms with Gasteiger partial charge in [0.05, 0.1) is 26.9 Å². The van der Waals surface area contributed by atoms with Crippen molar-refractivity contribution in [3.05, 3.63) is 70.7 Å². The molecule has 0 saturated carbocycles. The molecule has 0 spiro atoms. The van der Waals surface area contributed by atoms with Gasteiger partial charge in [-0.3, -0.25) is 4.79 Å². The second-order valence-corrected chi connectivity index (χ2v) is 8.55. The quantitative estimate of drug-likeness (QED) is 0.542. The number of halogens is 3. The number of allylic oxidation sites excluding steroid dienone is 2. The van der Waals surface area contributed by atoms with Gasteiger partial charge in [-0.25, -0.2) is 4.68 Å². The maximum Gasteiger partial charge on any atom is 0.416 e. The Hall–Kier alpha value is -4.02. The van der Waals surface area contributed by atoms with Crippen molar-refractivity contribution in [2.24, 2.45) is 0 Å². The summed E-state index contributed by atoms with van der Waals surface area (Å²) in [4.78, 5) is 17.8. The van der Waals surface area contributed by atoms with Crippen LogP contribution in [0.2, 0.25) is 0 Å². The number of ether oxygens (including phenoxy) is 3. The van der Waals surface area contributed by atoms with E-state index >= 15 is 0 Å². The Morgan fingerprint density at radius 1 is 0.972 bits per heavy atom. The number of rotatable bonds is 5. The zero-order valence-electron chi connectivity index (χ0n) is 19.7. The summed E-state index contributed by atoms with van der Waals surface area (Å²) in [5, 5.41) is 7.45. The molecule has 188 valence electrons. The Morgan fingerprint density at radius 3 is 2.22 bits per heavy atom. The summed E-state index contributed by atoms with van der Waals surface area (Å²) < 4.78 is 57.2. The van der Waals surface area contributed by atoms with Gasteiger partial charge in [-0.2, -0.15) is 23.3 Å². The molecule has 0 amide bonds. The largest absolute Gasteiger partial charge is 0.493 e.